The molecular weight excluding hydrogens is 350 g/mol. The van der Waals surface area contributed by atoms with Crippen LogP contribution in [-0.4, -0.2) is 46.9 Å². The van der Waals surface area contributed by atoms with Gasteiger partial charge in [0.25, 0.3) is 0 Å². The molecule has 2 saturated heterocycles. The molecule has 0 radical (unpaired) electrons. The fourth-order valence-corrected chi connectivity index (χ4v) is 9.21. The van der Waals surface area contributed by atoms with E-state index in [0.29, 0.717) is 23.6 Å². The van der Waals surface area contributed by atoms with Gasteiger partial charge in [-0.2, -0.15) is 0 Å². The molecule has 0 amide bonds. The Hall–Kier alpha value is -1.26. The molecule has 28 heavy (non-hydrogen) atoms. The summed E-state index contributed by atoms with van der Waals surface area (Å²) in [6.45, 7) is 8.07. The Morgan fingerprint density at radius 2 is 2.00 bits per heavy atom. The molecule has 1 aromatic carbocycles. The lowest BCUT2D eigenvalue weighted by Crippen LogP contribution is -2.80. The monoisotopic (exact) mass is 381 g/mol. The Balaban J connectivity index is 1.56. The van der Waals surface area contributed by atoms with Gasteiger partial charge in [0.05, 0.1) is 5.60 Å². The molecule has 4 aliphatic carbocycles. The van der Waals surface area contributed by atoms with Gasteiger partial charge >= 0.3 is 0 Å². The van der Waals surface area contributed by atoms with Crippen molar-refractivity contribution in [2.75, 3.05) is 13.6 Å². The molecule has 3 saturated carbocycles. The molecule has 8 rings (SSSR count). The number of rotatable bonds is 0. The Morgan fingerprint density at radius 1 is 1.18 bits per heavy atom. The Bertz CT molecular complexity index is 927. The van der Waals surface area contributed by atoms with Gasteiger partial charge < -0.3 is 19.5 Å². The van der Waals surface area contributed by atoms with Gasteiger partial charge in [-0.05, 0) is 83.0 Å². The van der Waals surface area contributed by atoms with Crippen LogP contribution in [0.15, 0.2) is 12.1 Å². The van der Waals surface area contributed by atoms with Crippen LogP contribution in [0.3, 0.4) is 0 Å². The highest BCUT2D eigenvalue weighted by molar-refractivity contribution is 5.63. The van der Waals surface area contributed by atoms with Crippen molar-refractivity contribution < 1.29 is 14.6 Å². The summed E-state index contributed by atoms with van der Waals surface area (Å²) < 4.78 is 13.9. The SMILES string of the molecule is C[C@@H]1[C@H]2C[C@@]34CC[C@]2(OC1(C)C)[C@@H]1Oc2c(O)ccc5c2[C@@]13CCN(C)[C@@H]4C5. The van der Waals surface area contributed by atoms with E-state index >= 15 is 0 Å². The second kappa shape index (κ2) is 4.41. The van der Waals surface area contributed by atoms with Gasteiger partial charge in [0.15, 0.2) is 11.5 Å². The van der Waals surface area contributed by atoms with Crippen molar-refractivity contribution in [3.63, 3.8) is 0 Å². The number of fused-ring (bicyclic) bond motifs is 1. The summed E-state index contributed by atoms with van der Waals surface area (Å²) in [4.78, 5) is 2.64. The van der Waals surface area contributed by atoms with E-state index in [4.69, 9.17) is 9.47 Å². The number of ether oxygens (including phenoxy) is 2. The number of likely N-dealkylation sites (N-methyl/N-ethyl adjacent to an activating group) is 1. The molecule has 1 aromatic rings. The summed E-state index contributed by atoms with van der Waals surface area (Å²) in [5.41, 5.74) is 2.71. The fraction of sp³-hybridized carbons (Fsp3) is 0.750. The number of phenols is 1. The summed E-state index contributed by atoms with van der Waals surface area (Å²) in [6, 6.07) is 4.60. The maximum absolute atomic E-state index is 10.8. The second-order valence-corrected chi connectivity index (χ2v) is 11.3. The molecule has 150 valence electrons. The average molecular weight is 382 g/mol. The van der Waals surface area contributed by atoms with E-state index < -0.39 is 0 Å². The second-order valence-electron chi connectivity index (χ2n) is 11.3. The third kappa shape index (κ3) is 1.37. The zero-order valence-electron chi connectivity index (χ0n) is 17.4. The van der Waals surface area contributed by atoms with Crippen LogP contribution < -0.4 is 4.74 Å². The topological polar surface area (TPSA) is 41.9 Å². The molecule has 4 heteroatoms. The van der Waals surface area contributed by atoms with Crippen LogP contribution in [-0.2, 0) is 16.6 Å². The van der Waals surface area contributed by atoms with Crippen molar-refractivity contribution in [2.45, 2.75) is 81.6 Å². The normalized spacial score (nSPS) is 51.6. The number of aromatic hydroxyl groups is 1. The molecule has 3 heterocycles. The summed E-state index contributed by atoms with van der Waals surface area (Å²) in [7, 11) is 2.33. The van der Waals surface area contributed by atoms with Crippen molar-refractivity contribution >= 4 is 0 Å². The van der Waals surface area contributed by atoms with Crippen LogP contribution in [0.4, 0.5) is 0 Å². The zero-order chi connectivity index (χ0) is 19.3. The first kappa shape index (κ1) is 16.5. The lowest BCUT2D eigenvalue weighted by atomic mass is 9.34. The third-order valence-corrected chi connectivity index (χ3v) is 10.5. The number of hydrogen-bond acceptors (Lipinski definition) is 4. The molecule has 4 bridgehead atoms. The minimum absolute atomic E-state index is 0.0146. The van der Waals surface area contributed by atoms with Crippen LogP contribution in [0.1, 0.15) is 57.6 Å². The number of benzene rings is 1. The van der Waals surface area contributed by atoms with Crippen molar-refractivity contribution in [3.05, 3.63) is 23.3 Å². The highest BCUT2D eigenvalue weighted by atomic mass is 16.6. The Morgan fingerprint density at radius 3 is 2.82 bits per heavy atom. The van der Waals surface area contributed by atoms with E-state index in [1.807, 2.05) is 6.07 Å². The van der Waals surface area contributed by atoms with E-state index in [1.165, 1.54) is 24.0 Å². The van der Waals surface area contributed by atoms with Crippen LogP contribution in [0.5, 0.6) is 11.5 Å². The molecule has 0 aromatic heterocycles. The molecule has 3 spiro atoms. The van der Waals surface area contributed by atoms with Gasteiger partial charge in [-0.15, -0.1) is 0 Å². The van der Waals surface area contributed by atoms with Crippen molar-refractivity contribution in [1.29, 1.82) is 0 Å². The van der Waals surface area contributed by atoms with Crippen LogP contribution >= 0.6 is 0 Å². The predicted molar refractivity (Wildman–Crippen MR) is 106 cm³/mol. The molecule has 7 aliphatic rings. The highest BCUT2D eigenvalue weighted by Gasteiger charge is 2.83. The zero-order valence-corrected chi connectivity index (χ0v) is 17.4. The van der Waals surface area contributed by atoms with Gasteiger partial charge in [-0.1, -0.05) is 13.0 Å². The van der Waals surface area contributed by atoms with Gasteiger partial charge in [-0.3, -0.25) is 0 Å². The average Bonchev–Trinajstić information content (AvgIpc) is 3.12. The summed E-state index contributed by atoms with van der Waals surface area (Å²) in [5.74, 6) is 2.18. The summed E-state index contributed by atoms with van der Waals surface area (Å²) >= 11 is 0. The lowest BCUT2D eigenvalue weighted by Gasteiger charge is -2.73. The quantitative estimate of drug-likeness (QED) is 0.745. The highest BCUT2D eigenvalue weighted by Crippen LogP contribution is 2.79. The number of piperidine rings is 1. The molecule has 1 N–H and O–H groups in total. The number of phenolic OH excluding ortho intramolecular Hbond substituents is 1. The minimum atomic E-state index is -0.203. The smallest absolute Gasteiger partial charge is 0.165 e. The maximum atomic E-state index is 10.8. The predicted octanol–water partition coefficient (Wildman–Crippen LogP) is 3.64. The van der Waals surface area contributed by atoms with Crippen LogP contribution in [0, 0.1) is 17.3 Å². The van der Waals surface area contributed by atoms with E-state index in [2.05, 4.69) is 38.8 Å². The van der Waals surface area contributed by atoms with Crippen molar-refractivity contribution in [3.8, 4) is 11.5 Å². The lowest BCUT2D eigenvalue weighted by molar-refractivity contribution is -0.270. The summed E-state index contributed by atoms with van der Waals surface area (Å²) in [5, 5.41) is 10.8. The Kier molecular flexibility index (Phi) is 2.61. The van der Waals surface area contributed by atoms with Crippen molar-refractivity contribution in [1.82, 2.24) is 4.90 Å². The number of likely N-dealkylation sites (tertiary alicyclic amines) is 1. The van der Waals surface area contributed by atoms with E-state index in [1.54, 1.807) is 0 Å². The maximum Gasteiger partial charge on any atom is 0.165 e. The van der Waals surface area contributed by atoms with Gasteiger partial charge in [-0.25, -0.2) is 0 Å². The largest absolute Gasteiger partial charge is 0.504 e. The first-order valence-electron chi connectivity index (χ1n) is 11.2. The number of hydrogen-bond donors (Lipinski definition) is 1. The molecule has 3 aliphatic heterocycles. The van der Waals surface area contributed by atoms with Crippen LogP contribution in [0.2, 0.25) is 0 Å². The Labute approximate surface area is 167 Å². The van der Waals surface area contributed by atoms with Crippen molar-refractivity contribution in [2.24, 2.45) is 17.3 Å². The van der Waals surface area contributed by atoms with Gasteiger partial charge in [0.1, 0.15) is 11.7 Å². The van der Waals surface area contributed by atoms with Crippen LogP contribution in [0.25, 0.3) is 0 Å². The molecule has 0 unspecified atom stereocenters. The van der Waals surface area contributed by atoms with E-state index in [-0.39, 0.29) is 28.1 Å². The van der Waals surface area contributed by atoms with E-state index in [0.717, 1.165) is 31.6 Å². The first-order valence-corrected chi connectivity index (χ1v) is 11.2. The molecule has 5 fully saturated rings. The molecule has 7 atom stereocenters. The standard InChI is InChI=1S/C24H31NO3/c1-13-15-12-22-7-8-24(15,28-21(13,2)3)20-23(22)9-10-25(4)17(22)11-14-5-6-16(26)19(27-20)18(14)23/h5-6,13,15,17,20,26H,7-12H2,1-4H3/t13-,15-,17-,20-,22-,23+,24-/m1/s1. The first-order chi connectivity index (χ1) is 13.3. The molecular formula is C24H31NO3. The van der Waals surface area contributed by atoms with Gasteiger partial charge in [0, 0.05) is 22.4 Å². The third-order valence-electron chi connectivity index (χ3n) is 10.5. The minimum Gasteiger partial charge on any atom is -0.504 e. The number of nitrogens with zero attached hydrogens (tertiary/aromatic N) is 1. The summed E-state index contributed by atoms with van der Waals surface area (Å²) in [6.07, 6.45) is 5.86. The van der Waals surface area contributed by atoms with Gasteiger partial charge in [0.2, 0.25) is 0 Å². The fourth-order valence-electron chi connectivity index (χ4n) is 9.21. The molecule has 4 nitrogen and oxygen atoms in total. The van der Waals surface area contributed by atoms with E-state index in [9.17, 15) is 5.11 Å².